The maximum atomic E-state index is 13.8. The van der Waals surface area contributed by atoms with Crippen molar-refractivity contribution in [2.45, 2.75) is 20.8 Å². The van der Waals surface area contributed by atoms with Crippen molar-refractivity contribution in [1.29, 1.82) is 0 Å². The smallest absolute Gasteiger partial charge is 0.255 e. The van der Waals surface area contributed by atoms with Crippen LogP contribution in [-0.4, -0.2) is 33.0 Å². The minimum atomic E-state index is -0.603. The van der Waals surface area contributed by atoms with Gasteiger partial charge in [0, 0.05) is 23.0 Å². The molecule has 0 aliphatic heterocycles. The number of carbonyl (C=O) groups excluding carboxylic acids is 1. The van der Waals surface area contributed by atoms with Gasteiger partial charge in [0.1, 0.15) is 5.75 Å². The highest BCUT2D eigenvalue weighted by atomic mass is 19.1. The van der Waals surface area contributed by atoms with Gasteiger partial charge in [-0.15, -0.1) is 10.2 Å². The van der Waals surface area contributed by atoms with Gasteiger partial charge in [0.05, 0.1) is 12.8 Å². The molecule has 9 heteroatoms. The van der Waals surface area contributed by atoms with Crippen LogP contribution < -0.4 is 14.8 Å². The second-order valence-corrected chi connectivity index (χ2v) is 7.37. The zero-order chi connectivity index (χ0) is 23.5. The SMILES string of the molecule is COc1ccc(C(=O)Nc2ccc(Oc3ccc(-n4nc(C)c(C)c4C)nn3)cc2)cc1F. The third-order valence-electron chi connectivity index (χ3n) is 5.24. The number of rotatable bonds is 6. The van der Waals surface area contributed by atoms with Crippen molar-refractivity contribution < 1.29 is 18.7 Å². The predicted octanol–water partition coefficient (Wildman–Crippen LogP) is 4.78. The van der Waals surface area contributed by atoms with E-state index in [-0.39, 0.29) is 11.3 Å². The van der Waals surface area contributed by atoms with E-state index in [9.17, 15) is 9.18 Å². The molecule has 0 spiro atoms. The van der Waals surface area contributed by atoms with Crippen LogP contribution >= 0.6 is 0 Å². The van der Waals surface area contributed by atoms with Crippen LogP contribution in [0.3, 0.4) is 0 Å². The molecule has 2 heterocycles. The zero-order valence-corrected chi connectivity index (χ0v) is 18.6. The second kappa shape index (κ2) is 9.07. The molecule has 8 nitrogen and oxygen atoms in total. The molecule has 33 heavy (non-hydrogen) atoms. The van der Waals surface area contributed by atoms with E-state index in [0.29, 0.717) is 23.1 Å². The lowest BCUT2D eigenvalue weighted by atomic mass is 10.2. The van der Waals surface area contributed by atoms with Gasteiger partial charge < -0.3 is 14.8 Å². The average Bonchev–Trinajstić information content (AvgIpc) is 3.08. The summed E-state index contributed by atoms with van der Waals surface area (Å²) in [5, 5.41) is 15.5. The molecule has 0 aliphatic carbocycles. The molecule has 2 aromatic heterocycles. The number of methoxy groups -OCH3 is 1. The number of benzene rings is 2. The first-order valence-corrected chi connectivity index (χ1v) is 10.2. The minimum absolute atomic E-state index is 0.0779. The van der Waals surface area contributed by atoms with E-state index in [0.717, 1.165) is 23.0 Å². The maximum absolute atomic E-state index is 13.8. The fourth-order valence-electron chi connectivity index (χ4n) is 3.16. The van der Waals surface area contributed by atoms with Crippen LogP contribution in [0, 0.1) is 26.6 Å². The van der Waals surface area contributed by atoms with Crippen molar-refractivity contribution in [3.8, 4) is 23.2 Å². The Kier molecular flexibility index (Phi) is 6.03. The van der Waals surface area contributed by atoms with Gasteiger partial charge in [0.25, 0.3) is 5.91 Å². The summed E-state index contributed by atoms with van der Waals surface area (Å²) in [5.74, 6) is 0.480. The quantitative estimate of drug-likeness (QED) is 0.457. The van der Waals surface area contributed by atoms with Crippen LogP contribution in [0.5, 0.6) is 17.4 Å². The molecule has 168 valence electrons. The van der Waals surface area contributed by atoms with Crippen LogP contribution in [0.4, 0.5) is 10.1 Å². The summed E-state index contributed by atoms with van der Waals surface area (Å²) in [4.78, 5) is 12.4. The van der Waals surface area contributed by atoms with Crippen molar-refractivity contribution in [2.75, 3.05) is 12.4 Å². The molecular weight excluding hydrogens is 425 g/mol. The summed E-state index contributed by atoms with van der Waals surface area (Å²) >= 11 is 0. The highest BCUT2D eigenvalue weighted by Gasteiger charge is 2.12. The minimum Gasteiger partial charge on any atom is -0.494 e. The normalized spacial score (nSPS) is 10.7. The van der Waals surface area contributed by atoms with Gasteiger partial charge in [-0.3, -0.25) is 4.79 Å². The topological polar surface area (TPSA) is 91.2 Å². The Hall–Kier alpha value is -4.27. The van der Waals surface area contributed by atoms with Gasteiger partial charge in [-0.25, -0.2) is 9.07 Å². The van der Waals surface area contributed by atoms with E-state index in [4.69, 9.17) is 9.47 Å². The van der Waals surface area contributed by atoms with Crippen LogP contribution in [-0.2, 0) is 0 Å². The van der Waals surface area contributed by atoms with E-state index in [1.54, 1.807) is 41.1 Å². The van der Waals surface area contributed by atoms with Gasteiger partial charge in [-0.05, 0) is 74.9 Å². The molecule has 0 unspecified atom stereocenters. The molecular formula is C24H22FN5O3. The molecule has 0 saturated heterocycles. The number of hydrogen-bond donors (Lipinski definition) is 1. The molecule has 1 amide bonds. The first-order chi connectivity index (χ1) is 15.9. The highest BCUT2D eigenvalue weighted by molar-refractivity contribution is 6.04. The lowest BCUT2D eigenvalue weighted by Crippen LogP contribution is -2.12. The second-order valence-electron chi connectivity index (χ2n) is 7.37. The number of aryl methyl sites for hydroxylation is 1. The molecule has 0 aliphatic rings. The molecule has 4 rings (SSSR count). The van der Waals surface area contributed by atoms with Crippen molar-refractivity contribution in [3.05, 3.63) is 82.9 Å². The van der Waals surface area contributed by atoms with Gasteiger partial charge in [-0.2, -0.15) is 5.10 Å². The largest absolute Gasteiger partial charge is 0.494 e. The Morgan fingerprint density at radius 1 is 1.00 bits per heavy atom. The Balaban J connectivity index is 1.41. The first-order valence-electron chi connectivity index (χ1n) is 10.2. The van der Waals surface area contributed by atoms with E-state index in [1.165, 1.54) is 19.2 Å². The summed E-state index contributed by atoms with van der Waals surface area (Å²) in [6.45, 7) is 5.94. The molecule has 0 saturated carbocycles. The maximum Gasteiger partial charge on any atom is 0.255 e. The lowest BCUT2D eigenvalue weighted by Gasteiger charge is -2.09. The lowest BCUT2D eigenvalue weighted by molar-refractivity contribution is 0.102. The average molecular weight is 447 g/mol. The van der Waals surface area contributed by atoms with Gasteiger partial charge >= 0.3 is 0 Å². The standard InChI is InChI=1S/C24H22FN5O3/c1-14-15(2)29-30(16(14)3)22-11-12-23(28-27-22)33-19-8-6-18(7-9-19)26-24(31)17-5-10-21(32-4)20(25)13-17/h5-13H,1-4H3,(H,26,31). The van der Waals surface area contributed by atoms with Crippen LogP contribution in [0.2, 0.25) is 0 Å². The number of halogens is 1. The van der Waals surface area contributed by atoms with Crippen molar-refractivity contribution in [1.82, 2.24) is 20.0 Å². The molecule has 1 N–H and O–H groups in total. The first kappa shape index (κ1) is 21.9. The number of aromatic nitrogens is 4. The molecule has 0 fully saturated rings. The molecule has 0 radical (unpaired) electrons. The predicted molar refractivity (Wildman–Crippen MR) is 121 cm³/mol. The van der Waals surface area contributed by atoms with E-state index in [2.05, 4.69) is 20.6 Å². The third-order valence-corrected chi connectivity index (χ3v) is 5.24. The summed E-state index contributed by atoms with van der Waals surface area (Å²) in [5.41, 5.74) is 3.78. The Labute approximate surface area is 190 Å². The summed E-state index contributed by atoms with van der Waals surface area (Å²) in [6.07, 6.45) is 0. The Morgan fingerprint density at radius 3 is 2.33 bits per heavy atom. The van der Waals surface area contributed by atoms with Crippen molar-refractivity contribution >= 4 is 11.6 Å². The number of carbonyl (C=O) groups is 1. The zero-order valence-electron chi connectivity index (χ0n) is 18.6. The van der Waals surface area contributed by atoms with Crippen LogP contribution in [0.15, 0.2) is 54.6 Å². The highest BCUT2D eigenvalue weighted by Crippen LogP contribution is 2.23. The van der Waals surface area contributed by atoms with Crippen LogP contribution in [0.25, 0.3) is 5.82 Å². The molecule has 2 aromatic carbocycles. The number of nitrogens with one attached hydrogen (secondary N) is 1. The van der Waals surface area contributed by atoms with Crippen molar-refractivity contribution in [3.63, 3.8) is 0 Å². The molecule has 0 bridgehead atoms. The summed E-state index contributed by atoms with van der Waals surface area (Å²) in [7, 11) is 1.36. The van der Waals surface area contributed by atoms with Gasteiger partial charge in [-0.1, -0.05) is 0 Å². The summed E-state index contributed by atoms with van der Waals surface area (Å²) in [6, 6.07) is 14.2. The van der Waals surface area contributed by atoms with Gasteiger partial charge in [0.2, 0.25) is 5.88 Å². The monoisotopic (exact) mass is 447 g/mol. The van der Waals surface area contributed by atoms with Crippen LogP contribution in [0.1, 0.15) is 27.3 Å². The Morgan fingerprint density at radius 2 is 1.76 bits per heavy atom. The molecule has 0 atom stereocenters. The number of ether oxygens (including phenoxy) is 2. The fraction of sp³-hybridized carbons (Fsp3) is 0.167. The number of hydrogen-bond acceptors (Lipinski definition) is 6. The van der Waals surface area contributed by atoms with Crippen molar-refractivity contribution in [2.24, 2.45) is 0 Å². The third kappa shape index (κ3) is 4.67. The fourth-order valence-corrected chi connectivity index (χ4v) is 3.16. The number of amides is 1. The molecule has 4 aromatic rings. The van der Waals surface area contributed by atoms with E-state index < -0.39 is 11.7 Å². The summed E-state index contributed by atoms with van der Waals surface area (Å²) < 4.78 is 26.2. The van der Waals surface area contributed by atoms with Gasteiger partial charge in [0.15, 0.2) is 17.4 Å². The number of nitrogens with zero attached hydrogens (tertiary/aromatic N) is 4. The van der Waals surface area contributed by atoms with E-state index >= 15 is 0 Å². The Bertz CT molecular complexity index is 1300. The van der Waals surface area contributed by atoms with E-state index in [1.807, 2.05) is 20.8 Å². The number of anilines is 1.